The van der Waals surface area contributed by atoms with E-state index in [9.17, 15) is 9.59 Å². The number of rotatable bonds is 3. The summed E-state index contributed by atoms with van der Waals surface area (Å²) in [6.45, 7) is 8.22. The van der Waals surface area contributed by atoms with E-state index in [1.54, 1.807) is 4.90 Å². The molecule has 1 unspecified atom stereocenters. The summed E-state index contributed by atoms with van der Waals surface area (Å²) in [7, 11) is 0. The average molecular weight is 264 g/mol. The fraction of sp³-hybridized carbons (Fsp3) is 0.733. The van der Waals surface area contributed by atoms with Gasteiger partial charge in [0.15, 0.2) is 0 Å². The third-order valence-electron chi connectivity index (χ3n) is 3.97. The summed E-state index contributed by atoms with van der Waals surface area (Å²) in [6, 6.07) is -0.305. The van der Waals surface area contributed by atoms with Gasteiger partial charge in [-0.2, -0.15) is 0 Å². The van der Waals surface area contributed by atoms with Crippen LogP contribution in [0.3, 0.4) is 0 Å². The van der Waals surface area contributed by atoms with E-state index >= 15 is 0 Å². The van der Waals surface area contributed by atoms with E-state index in [2.05, 4.69) is 26.0 Å². The summed E-state index contributed by atoms with van der Waals surface area (Å²) in [5.74, 6) is 0.777. The Balaban J connectivity index is 1.98. The van der Waals surface area contributed by atoms with Crippen LogP contribution < -0.4 is 0 Å². The maximum absolute atomic E-state index is 12.4. The average Bonchev–Trinajstić information content (AvgIpc) is 2.88. The van der Waals surface area contributed by atoms with Crippen LogP contribution in [0.5, 0.6) is 0 Å². The first-order valence-corrected chi connectivity index (χ1v) is 7.25. The zero-order valence-electron chi connectivity index (χ0n) is 12.1. The molecule has 0 aromatic heterocycles. The maximum Gasteiger partial charge on any atom is 0.245 e. The van der Waals surface area contributed by atoms with E-state index in [1.165, 1.54) is 0 Å². The van der Waals surface area contributed by atoms with Crippen LogP contribution in [-0.2, 0) is 9.59 Å². The molecule has 1 heterocycles. The van der Waals surface area contributed by atoms with Crippen LogP contribution in [0, 0.1) is 11.8 Å². The van der Waals surface area contributed by atoms with E-state index < -0.39 is 0 Å². The summed E-state index contributed by atoms with van der Waals surface area (Å²) in [5, 5.41) is 0. The van der Waals surface area contributed by atoms with Gasteiger partial charge in [0.25, 0.3) is 0 Å². The fourth-order valence-electron chi connectivity index (χ4n) is 2.91. The van der Waals surface area contributed by atoms with Gasteiger partial charge in [0.1, 0.15) is 6.04 Å². The molecule has 2 rings (SSSR count). The zero-order chi connectivity index (χ0) is 14.0. The van der Waals surface area contributed by atoms with Crippen LogP contribution in [0.4, 0.5) is 0 Å². The Bertz CT molecular complexity index is 382. The summed E-state index contributed by atoms with van der Waals surface area (Å²) >= 11 is 0. The van der Waals surface area contributed by atoms with E-state index in [-0.39, 0.29) is 23.8 Å². The fourth-order valence-corrected chi connectivity index (χ4v) is 2.91. The predicted molar refractivity (Wildman–Crippen MR) is 74.5 cm³/mol. The normalized spacial score (nSPS) is 24.6. The van der Waals surface area contributed by atoms with Gasteiger partial charge in [-0.05, 0) is 25.7 Å². The van der Waals surface area contributed by atoms with Gasteiger partial charge in [-0.15, -0.1) is 0 Å². The van der Waals surface area contributed by atoms with Crippen molar-refractivity contribution in [2.75, 3.05) is 19.6 Å². The topological polar surface area (TPSA) is 40.6 Å². The number of piperazine rings is 1. The van der Waals surface area contributed by atoms with Crippen LogP contribution in [-0.4, -0.2) is 47.3 Å². The molecule has 1 aliphatic heterocycles. The lowest BCUT2D eigenvalue weighted by Crippen LogP contribution is -2.59. The van der Waals surface area contributed by atoms with Gasteiger partial charge < -0.3 is 9.80 Å². The lowest BCUT2D eigenvalue weighted by atomic mass is 10.0. The number of carbonyl (C=O) groups excluding carboxylic acids is 2. The number of amides is 2. The third kappa shape index (κ3) is 2.99. The third-order valence-corrected chi connectivity index (χ3v) is 3.97. The predicted octanol–water partition coefficient (Wildman–Crippen LogP) is 1.67. The number of nitrogens with zero attached hydrogens (tertiary/aromatic N) is 2. The van der Waals surface area contributed by atoms with Crippen LogP contribution in [0.2, 0.25) is 0 Å². The van der Waals surface area contributed by atoms with Gasteiger partial charge in [-0.25, -0.2) is 0 Å². The van der Waals surface area contributed by atoms with Crippen LogP contribution in [0.15, 0.2) is 12.2 Å². The van der Waals surface area contributed by atoms with Crippen LogP contribution in [0.25, 0.3) is 0 Å². The maximum atomic E-state index is 12.4. The standard InChI is InChI=1S/C15H24N2O2/c1-11(2)10-16-8-9-17(12(3)14(16)18)15(19)13-6-4-5-7-13/h4-5,11-13H,6-10H2,1-3H3. The van der Waals surface area contributed by atoms with E-state index in [1.807, 2.05) is 11.8 Å². The lowest BCUT2D eigenvalue weighted by molar-refractivity contribution is -0.153. The summed E-state index contributed by atoms with van der Waals surface area (Å²) < 4.78 is 0. The minimum atomic E-state index is -0.305. The Morgan fingerprint density at radius 2 is 1.95 bits per heavy atom. The van der Waals surface area contributed by atoms with Crippen molar-refractivity contribution in [3.05, 3.63) is 12.2 Å². The highest BCUT2D eigenvalue weighted by molar-refractivity contribution is 5.89. The molecular formula is C15H24N2O2. The molecule has 0 radical (unpaired) electrons. The van der Waals surface area contributed by atoms with Gasteiger partial charge in [-0.3, -0.25) is 9.59 Å². The largest absolute Gasteiger partial charge is 0.339 e. The Kier molecular flexibility index (Phi) is 4.27. The summed E-state index contributed by atoms with van der Waals surface area (Å²) in [4.78, 5) is 28.4. The van der Waals surface area contributed by atoms with E-state index in [0.29, 0.717) is 19.0 Å². The molecular weight excluding hydrogens is 240 g/mol. The van der Waals surface area contributed by atoms with Crippen molar-refractivity contribution < 1.29 is 9.59 Å². The first kappa shape index (κ1) is 14.1. The molecule has 0 saturated carbocycles. The van der Waals surface area contributed by atoms with Crippen LogP contribution >= 0.6 is 0 Å². The SMILES string of the molecule is CC(C)CN1CCN(C(=O)C2CC=CC2)C(C)C1=O. The number of carbonyl (C=O) groups is 2. The molecule has 19 heavy (non-hydrogen) atoms. The van der Waals surface area contributed by atoms with Gasteiger partial charge in [0.05, 0.1) is 0 Å². The quantitative estimate of drug-likeness (QED) is 0.728. The zero-order valence-corrected chi connectivity index (χ0v) is 12.1. The van der Waals surface area contributed by atoms with Crippen molar-refractivity contribution in [2.45, 2.75) is 39.7 Å². The van der Waals surface area contributed by atoms with Crippen molar-refractivity contribution in [1.82, 2.24) is 9.80 Å². The molecule has 1 aliphatic carbocycles. The van der Waals surface area contributed by atoms with Gasteiger partial charge in [0, 0.05) is 25.6 Å². The summed E-state index contributed by atoms with van der Waals surface area (Å²) in [5.41, 5.74) is 0. The molecule has 0 aromatic carbocycles. The first-order valence-electron chi connectivity index (χ1n) is 7.25. The van der Waals surface area contributed by atoms with E-state index in [0.717, 1.165) is 19.4 Å². The minimum Gasteiger partial charge on any atom is -0.339 e. The Morgan fingerprint density at radius 3 is 2.53 bits per heavy atom. The van der Waals surface area contributed by atoms with Crippen molar-refractivity contribution >= 4 is 11.8 Å². The van der Waals surface area contributed by atoms with Crippen molar-refractivity contribution in [3.63, 3.8) is 0 Å². The molecule has 4 nitrogen and oxygen atoms in total. The monoisotopic (exact) mass is 264 g/mol. The molecule has 0 bridgehead atoms. The molecule has 2 amide bonds. The Hall–Kier alpha value is -1.32. The molecule has 1 atom stereocenters. The smallest absolute Gasteiger partial charge is 0.245 e. The van der Waals surface area contributed by atoms with Crippen molar-refractivity contribution in [1.29, 1.82) is 0 Å². The highest BCUT2D eigenvalue weighted by atomic mass is 16.2. The Labute approximate surface area is 115 Å². The van der Waals surface area contributed by atoms with Gasteiger partial charge in [-0.1, -0.05) is 26.0 Å². The molecule has 0 aromatic rings. The van der Waals surface area contributed by atoms with Gasteiger partial charge in [0.2, 0.25) is 11.8 Å². The number of hydrogen-bond donors (Lipinski definition) is 0. The minimum absolute atomic E-state index is 0.0619. The first-order chi connectivity index (χ1) is 9.00. The second-order valence-corrected chi connectivity index (χ2v) is 6.03. The molecule has 0 N–H and O–H groups in total. The number of hydrogen-bond acceptors (Lipinski definition) is 2. The second-order valence-electron chi connectivity index (χ2n) is 6.03. The molecule has 2 aliphatic rings. The Morgan fingerprint density at radius 1 is 1.32 bits per heavy atom. The molecule has 0 spiro atoms. The molecule has 1 saturated heterocycles. The van der Waals surface area contributed by atoms with Crippen molar-refractivity contribution in [3.8, 4) is 0 Å². The number of allylic oxidation sites excluding steroid dienone is 2. The van der Waals surface area contributed by atoms with Crippen LogP contribution in [0.1, 0.15) is 33.6 Å². The van der Waals surface area contributed by atoms with E-state index in [4.69, 9.17) is 0 Å². The van der Waals surface area contributed by atoms with Gasteiger partial charge >= 0.3 is 0 Å². The highest BCUT2D eigenvalue weighted by Crippen LogP contribution is 2.23. The molecule has 4 heteroatoms. The highest BCUT2D eigenvalue weighted by Gasteiger charge is 2.36. The van der Waals surface area contributed by atoms with Crippen molar-refractivity contribution in [2.24, 2.45) is 11.8 Å². The lowest BCUT2D eigenvalue weighted by Gasteiger charge is -2.40. The summed E-state index contributed by atoms with van der Waals surface area (Å²) in [6.07, 6.45) is 5.77. The molecule has 1 fully saturated rings. The molecule has 106 valence electrons. The second kappa shape index (κ2) is 5.76.